The summed E-state index contributed by atoms with van der Waals surface area (Å²) in [7, 11) is 0. The first-order valence-corrected chi connectivity index (χ1v) is 9.58. The number of nitrogens with two attached hydrogens (primary N) is 1. The zero-order valence-corrected chi connectivity index (χ0v) is 15.1. The van der Waals surface area contributed by atoms with Gasteiger partial charge in [0.15, 0.2) is 0 Å². The van der Waals surface area contributed by atoms with Gasteiger partial charge in [-0.15, -0.1) is 0 Å². The molecule has 0 amide bonds. The highest BCUT2D eigenvalue weighted by atomic mass is 15.1. The van der Waals surface area contributed by atoms with E-state index in [1.165, 1.54) is 36.5 Å². The van der Waals surface area contributed by atoms with Gasteiger partial charge in [-0.1, -0.05) is 36.4 Å². The highest BCUT2D eigenvalue weighted by molar-refractivity contribution is 5.86. The van der Waals surface area contributed by atoms with Gasteiger partial charge in [0.25, 0.3) is 0 Å². The number of rotatable bonds is 5. The van der Waals surface area contributed by atoms with Crippen LogP contribution in [-0.2, 0) is 0 Å². The maximum Gasteiger partial charge on any atom is 0.223 e. The largest absolute Gasteiger partial charge is 0.354 e. The Morgan fingerprint density at radius 2 is 1.69 bits per heavy atom. The fourth-order valence-electron chi connectivity index (χ4n) is 3.86. The van der Waals surface area contributed by atoms with Gasteiger partial charge in [-0.3, -0.25) is 0 Å². The summed E-state index contributed by atoms with van der Waals surface area (Å²) in [5, 5.41) is 5.92. The Morgan fingerprint density at radius 1 is 0.923 bits per heavy atom. The predicted octanol–water partition coefficient (Wildman–Crippen LogP) is 4.47. The molecule has 1 fully saturated rings. The zero-order valence-electron chi connectivity index (χ0n) is 15.1. The molecule has 0 unspecified atom stereocenters. The van der Waals surface area contributed by atoms with E-state index in [0.29, 0.717) is 5.92 Å². The molecule has 0 radical (unpaired) electrons. The summed E-state index contributed by atoms with van der Waals surface area (Å²) >= 11 is 0. The lowest BCUT2D eigenvalue weighted by molar-refractivity contribution is 0.289. The molecule has 0 atom stereocenters. The topological polar surface area (TPSA) is 63.8 Å². The Kier molecular flexibility index (Phi) is 5.12. The van der Waals surface area contributed by atoms with Gasteiger partial charge in [-0.25, -0.2) is 9.97 Å². The van der Waals surface area contributed by atoms with Gasteiger partial charge >= 0.3 is 0 Å². The molecule has 0 saturated heterocycles. The molecule has 0 bridgehead atoms. The quantitative estimate of drug-likeness (QED) is 0.715. The Labute approximate surface area is 154 Å². The van der Waals surface area contributed by atoms with Crippen LogP contribution in [0.15, 0.2) is 54.7 Å². The van der Waals surface area contributed by atoms with Crippen molar-refractivity contribution in [3.8, 4) is 11.3 Å². The minimum absolute atomic E-state index is 0.700. The highest BCUT2D eigenvalue weighted by Gasteiger charge is 2.20. The van der Waals surface area contributed by atoms with E-state index < -0.39 is 0 Å². The Morgan fingerprint density at radius 3 is 2.50 bits per heavy atom. The van der Waals surface area contributed by atoms with Crippen LogP contribution in [0, 0.1) is 11.8 Å². The maximum atomic E-state index is 5.78. The second-order valence-electron chi connectivity index (χ2n) is 7.33. The third-order valence-corrected chi connectivity index (χ3v) is 5.55. The van der Waals surface area contributed by atoms with E-state index in [0.717, 1.165) is 36.2 Å². The van der Waals surface area contributed by atoms with Crippen molar-refractivity contribution in [2.45, 2.75) is 25.7 Å². The molecule has 26 heavy (non-hydrogen) atoms. The van der Waals surface area contributed by atoms with Gasteiger partial charge in [-0.2, -0.15) is 0 Å². The Bertz CT molecular complexity index is 869. The molecule has 4 rings (SSSR count). The summed E-state index contributed by atoms with van der Waals surface area (Å²) in [4.78, 5) is 9.12. The third-order valence-electron chi connectivity index (χ3n) is 5.55. The van der Waals surface area contributed by atoms with Crippen molar-refractivity contribution in [1.82, 2.24) is 9.97 Å². The molecule has 1 aliphatic rings. The molecular formula is C22H26N4. The van der Waals surface area contributed by atoms with Crippen molar-refractivity contribution in [2.24, 2.45) is 17.6 Å². The molecule has 1 aliphatic carbocycles. The molecule has 0 spiro atoms. The molecule has 3 N–H and O–H groups in total. The van der Waals surface area contributed by atoms with E-state index in [1.807, 2.05) is 12.3 Å². The van der Waals surface area contributed by atoms with Gasteiger partial charge in [0, 0.05) is 18.3 Å². The van der Waals surface area contributed by atoms with Crippen LogP contribution in [-0.4, -0.2) is 23.1 Å². The fourth-order valence-corrected chi connectivity index (χ4v) is 3.86. The van der Waals surface area contributed by atoms with Crippen LogP contribution in [0.4, 0.5) is 5.95 Å². The lowest BCUT2D eigenvalue weighted by atomic mass is 9.82. The van der Waals surface area contributed by atoms with Crippen LogP contribution in [0.3, 0.4) is 0 Å². The molecule has 4 heteroatoms. The first kappa shape index (κ1) is 17.0. The standard InChI is InChI=1S/C22H26N4/c23-14-16-5-7-17(8-6-16)15-25-22-24-12-11-21(26-22)20-10-9-18-3-1-2-4-19(18)13-20/h1-4,9-13,16-17H,5-8,14-15,23H2,(H,24,25,26). The van der Waals surface area contributed by atoms with E-state index >= 15 is 0 Å². The van der Waals surface area contributed by atoms with E-state index in [-0.39, 0.29) is 0 Å². The number of fused-ring (bicyclic) bond motifs is 1. The minimum atomic E-state index is 0.700. The monoisotopic (exact) mass is 346 g/mol. The maximum absolute atomic E-state index is 5.78. The van der Waals surface area contributed by atoms with Crippen molar-refractivity contribution < 1.29 is 0 Å². The fraction of sp³-hybridized carbons (Fsp3) is 0.364. The van der Waals surface area contributed by atoms with Crippen molar-refractivity contribution in [3.05, 3.63) is 54.7 Å². The predicted molar refractivity (Wildman–Crippen MR) is 108 cm³/mol. The Hall–Kier alpha value is -2.46. The smallest absolute Gasteiger partial charge is 0.223 e. The van der Waals surface area contributed by atoms with Gasteiger partial charge in [0.05, 0.1) is 5.69 Å². The summed E-state index contributed by atoms with van der Waals surface area (Å²) in [6.07, 6.45) is 6.84. The highest BCUT2D eigenvalue weighted by Crippen LogP contribution is 2.28. The number of hydrogen-bond acceptors (Lipinski definition) is 4. The van der Waals surface area contributed by atoms with Crippen molar-refractivity contribution in [3.63, 3.8) is 0 Å². The summed E-state index contributed by atoms with van der Waals surface area (Å²) in [6, 6.07) is 16.8. The molecular weight excluding hydrogens is 320 g/mol. The minimum Gasteiger partial charge on any atom is -0.354 e. The summed E-state index contributed by atoms with van der Waals surface area (Å²) in [5.41, 5.74) is 7.87. The van der Waals surface area contributed by atoms with Crippen LogP contribution in [0.1, 0.15) is 25.7 Å². The summed E-state index contributed by atoms with van der Waals surface area (Å²) in [6.45, 7) is 1.77. The summed E-state index contributed by atoms with van der Waals surface area (Å²) in [5.74, 6) is 2.14. The lowest BCUT2D eigenvalue weighted by Gasteiger charge is -2.27. The van der Waals surface area contributed by atoms with E-state index in [9.17, 15) is 0 Å². The van der Waals surface area contributed by atoms with E-state index in [1.54, 1.807) is 0 Å². The number of nitrogens with zero attached hydrogens (tertiary/aromatic N) is 2. The number of aromatic nitrogens is 2. The molecule has 1 aromatic heterocycles. The van der Waals surface area contributed by atoms with Crippen LogP contribution < -0.4 is 11.1 Å². The molecule has 1 heterocycles. The van der Waals surface area contributed by atoms with Crippen molar-refractivity contribution in [2.75, 3.05) is 18.4 Å². The van der Waals surface area contributed by atoms with Gasteiger partial charge in [-0.05, 0) is 67.0 Å². The number of benzene rings is 2. The van der Waals surface area contributed by atoms with E-state index in [2.05, 4.69) is 52.8 Å². The molecule has 0 aliphatic heterocycles. The van der Waals surface area contributed by atoms with Crippen LogP contribution in [0.5, 0.6) is 0 Å². The molecule has 134 valence electrons. The zero-order chi connectivity index (χ0) is 17.8. The van der Waals surface area contributed by atoms with Crippen LogP contribution in [0.2, 0.25) is 0 Å². The molecule has 4 nitrogen and oxygen atoms in total. The number of anilines is 1. The Balaban J connectivity index is 1.44. The first-order chi connectivity index (χ1) is 12.8. The molecule has 3 aromatic rings. The second kappa shape index (κ2) is 7.83. The van der Waals surface area contributed by atoms with E-state index in [4.69, 9.17) is 10.7 Å². The summed E-state index contributed by atoms with van der Waals surface area (Å²) < 4.78 is 0. The third kappa shape index (κ3) is 3.86. The SMILES string of the molecule is NCC1CCC(CNc2nccc(-c3ccc4ccccc4c3)n2)CC1. The first-order valence-electron chi connectivity index (χ1n) is 9.58. The van der Waals surface area contributed by atoms with Crippen LogP contribution in [0.25, 0.3) is 22.0 Å². The number of nitrogens with one attached hydrogen (secondary N) is 1. The average Bonchev–Trinajstić information content (AvgIpc) is 2.72. The normalized spacial score (nSPS) is 20.2. The van der Waals surface area contributed by atoms with Gasteiger partial charge < -0.3 is 11.1 Å². The van der Waals surface area contributed by atoms with Crippen molar-refractivity contribution >= 4 is 16.7 Å². The molecule has 1 saturated carbocycles. The van der Waals surface area contributed by atoms with Crippen LogP contribution >= 0.6 is 0 Å². The van der Waals surface area contributed by atoms with Gasteiger partial charge in [0.2, 0.25) is 5.95 Å². The van der Waals surface area contributed by atoms with Gasteiger partial charge in [0.1, 0.15) is 0 Å². The average molecular weight is 346 g/mol. The van der Waals surface area contributed by atoms with Crippen molar-refractivity contribution in [1.29, 1.82) is 0 Å². The lowest BCUT2D eigenvalue weighted by Crippen LogP contribution is -2.25. The number of hydrogen-bond donors (Lipinski definition) is 2. The molecule has 2 aromatic carbocycles. The second-order valence-corrected chi connectivity index (χ2v) is 7.33.